The van der Waals surface area contributed by atoms with Crippen LogP contribution in [0.2, 0.25) is 0 Å². The van der Waals surface area contributed by atoms with Crippen molar-refractivity contribution in [2.75, 3.05) is 44.5 Å². The number of amides is 1. The van der Waals surface area contributed by atoms with Gasteiger partial charge in [0.05, 0.1) is 20.3 Å². The molecule has 3 rings (SSSR count). The van der Waals surface area contributed by atoms with Gasteiger partial charge in [0.2, 0.25) is 0 Å². The average Bonchev–Trinajstić information content (AvgIpc) is 3.44. The highest BCUT2D eigenvalue weighted by Crippen LogP contribution is 2.30. The van der Waals surface area contributed by atoms with E-state index in [0.29, 0.717) is 65.5 Å². The number of nitrogens with zero attached hydrogens (tertiary/aromatic N) is 4. The Hall–Kier alpha value is -3.37. The van der Waals surface area contributed by atoms with E-state index in [4.69, 9.17) is 14.2 Å². The van der Waals surface area contributed by atoms with E-state index < -0.39 is 5.60 Å². The van der Waals surface area contributed by atoms with E-state index in [1.54, 1.807) is 42.0 Å². The van der Waals surface area contributed by atoms with E-state index in [0.717, 1.165) is 0 Å². The number of rotatable bonds is 6. The first-order chi connectivity index (χ1) is 16.7. The quantitative estimate of drug-likeness (QED) is 0.431. The molecule has 1 aliphatic heterocycles. The van der Waals surface area contributed by atoms with Gasteiger partial charge in [0.1, 0.15) is 34.6 Å². The number of anilines is 1. The maximum Gasteiger partial charge on any atom is 0.410 e. The van der Waals surface area contributed by atoms with E-state index in [1.807, 2.05) is 20.8 Å². The second kappa shape index (κ2) is 11.4. The Balaban J connectivity index is 1.94. The zero-order chi connectivity index (χ0) is 25.6. The van der Waals surface area contributed by atoms with Crippen molar-refractivity contribution < 1.29 is 19.0 Å². The molecule has 1 saturated heterocycles. The summed E-state index contributed by atoms with van der Waals surface area (Å²) < 4.78 is 17.9. The zero-order valence-electron chi connectivity index (χ0n) is 20.6. The topological polar surface area (TPSA) is 102 Å². The Morgan fingerprint density at radius 1 is 1.23 bits per heavy atom. The largest absolute Gasteiger partial charge is 0.497 e. The molecule has 35 heavy (non-hydrogen) atoms. The predicted octanol–water partition coefficient (Wildman–Crippen LogP) is 4.16. The van der Waals surface area contributed by atoms with Crippen LogP contribution >= 0.6 is 15.9 Å². The van der Waals surface area contributed by atoms with Crippen LogP contribution in [-0.4, -0.2) is 65.6 Å². The number of aromatic nitrogens is 2. The lowest BCUT2D eigenvalue weighted by Gasteiger charge is -2.24. The van der Waals surface area contributed by atoms with Crippen LogP contribution in [0.15, 0.2) is 18.2 Å². The number of nitrogens with one attached hydrogen (secondary N) is 1. The molecule has 186 valence electrons. The van der Waals surface area contributed by atoms with Crippen molar-refractivity contribution in [3.8, 4) is 29.4 Å². The van der Waals surface area contributed by atoms with Crippen molar-refractivity contribution in [1.29, 1.82) is 5.26 Å². The molecule has 9 nitrogen and oxygen atoms in total. The molecular formula is C25H30BrN5O4. The standard InChI is InChI=1S/C25H30BrN5O4/c1-25(2,3)35-24(32)30-11-8-18(16-30)31-23(28-10-9-26)21(15-27)22(29-31)7-6-17-12-19(33-4)14-20(13-17)34-5/h12-14,18,28H,8-11,16H2,1-5H3. The minimum absolute atomic E-state index is 0.111. The second-order valence-electron chi connectivity index (χ2n) is 8.96. The molecule has 1 fully saturated rings. The number of halogens is 1. The van der Waals surface area contributed by atoms with Gasteiger partial charge in [-0.1, -0.05) is 21.9 Å². The number of methoxy groups -OCH3 is 2. The van der Waals surface area contributed by atoms with Crippen molar-refractivity contribution in [3.63, 3.8) is 0 Å². The molecule has 0 bridgehead atoms. The van der Waals surface area contributed by atoms with Crippen molar-refractivity contribution >= 4 is 27.8 Å². The Labute approximate surface area is 214 Å². The van der Waals surface area contributed by atoms with Gasteiger partial charge in [-0.05, 0) is 45.2 Å². The number of ether oxygens (including phenoxy) is 3. The number of alkyl halides is 1. The first-order valence-electron chi connectivity index (χ1n) is 11.2. The van der Waals surface area contributed by atoms with E-state index in [9.17, 15) is 10.1 Å². The van der Waals surface area contributed by atoms with E-state index in [2.05, 4.69) is 44.3 Å². The normalized spacial score (nSPS) is 15.1. The van der Waals surface area contributed by atoms with E-state index in [-0.39, 0.29) is 12.1 Å². The summed E-state index contributed by atoms with van der Waals surface area (Å²) in [5.74, 6) is 7.93. The molecule has 2 aromatic rings. The lowest BCUT2D eigenvalue weighted by Crippen LogP contribution is -2.35. The highest BCUT2D eigenvalue weighted by molar-refractivity contribution is 9.09. The summed E-state index contributed by atoms with van der Waals surface area (Å²) in [6, 6.07) is 7.48. The minimum atomic E-state index is -0.566. The molecule has 1 unspecified atom stereocenters. The van der Waals surface area contributed by atoms with Gasteiger partial charge < -0.3 is 24.4 Å². The number of hydrogen-bond acceptors (Lipinski definition) is 7. The van der Waals surface area contributed by atoms with Crippen LogP contribution in [0.3, 0.4) is 0 Å². The summed E-state index contributed by atoms with van der Waals surface area (Å²) in [4.78, 5) is 14.2. The molecule has 1 amide bonds. The lowest BCUT2D eigenvalue weighted by atomic mass is 10.2. The number of likely N-dealkylation sites (tertiary alicyclic amines) is 1. The summed E-state index contributed by atoms with van der Waals surface area (Å²) in [6.45, 7) is 7.11. The van der Waals surface area contributed by atoms with Crippen LogP contribution < -0.4 is 14.8 Å². The molecule has 1 aromatic heterocycles. The SMILES string of the molecule is COc1cc(C#Cc2nn(C3CCN(C(=O)OC(C)(C)C)C3)c(NCCBr)c2C#N)cc(OC)c1. The summed E-state index contributed by atoms with van der Waals surface area (Å²) in [7, 11) is 3.15. The molecule has 0 spiro atoms. The number of nitriles is 1. The summed E-state index contributed by atoms with van der Waals surface area (Å²) >= 11 is 3.42. The average molecular weight is 544 g/mol. The first-order valence-corrected chi connectivity index (χ1v) is 12.4. The predicted molar refractivity (Wildman–Crippen MR) is 136 cm³/mol. The molecule has 2 heterocycles. The van der Waals surface area contributed by atoms with Crippen molar-refractivity contribution in [2.45, 2.75) is 38.8 Å². The molecule has 0 radical (unpaired) electrons. The number of carbonyl (C=O) groups excluding carboxylic acids is 1. The molecule has 1 atom stereocenters. The maximum atomic E-state index is 12.5. The molecular weight excluding hydrogens is 514 g/mol. The molecule has 0 aliphatic carbocycles. The van der Waals surface area contributed by atoms with Gasteiger partial charge in [0, 0.05) is 36.6 Å². The molecule has 1 aromatic carbocycles. The summed E-state index contributed by atoms with van der Waals surface area (Å²) in [5.41, 5.74) is 0.834. The van der Waals surface area contributed by atoms with Crippen molar-refractivity contribution in [1.82, 2.24) is 14.7 Å². The van der Waals surface area contributed by atoms with Crippen LogP contribution in [0, 0.1) is 23.2 Å². The van der Waals surface area contributed by atoms with E-state index >= 15 is 0 Å². The fraction of sp³-hybridized carbons (Fsp3) is 0.480. The number of hydrogen-bond donors (Lipinski definition) is 1. The number of benzene rings is 1. The smallest absolute Gasteiger partial charge is 0.410 e. The fourth-order valence-corrected chi connectivity index (χ4v) is 3.87. The van der Waals surface area contributed by atoms with Crippen LogP contribution in [0.25, 0.3) is 0 Å². The molecule has 1 aliphatic rings. The van der Waals surface area contributed by atoms with Gasteiger partial charge in [0.25, 0.3) is 0 Å². The fourth-order valence-electron chi connectivity index (χ4n) is 3.67. The lowest BCUT2D eigenvalue weighted by molar-refractivity contribution is 0.0288. The van der Waals surface area contributed by atoms with Crippen molar-refractivity contribution in [2.24, 2.45) is 0 Å². The molecule has 10 heteroatoms. The van der Waals surface area contributed by atoms with Gasteiger partial charge in [-0.15, -0.1) is 0 Å². The number of carbonyl (C=O) groups is 1. The third kappa shape index (κ3) is 6.61. The van der Waals surface area contributed by atoms with Crippen LogP contribution in [0.4, 0.5) is 10.6 Å². The Morgan fingerprint density at radius 3 is 2.49 bits per heavy atom. The third-order valence-electron chi connectivity index (χ3n) is 5.25. The Kier molecular flexibility index (Phi) is 8.52. The Bertz CT molecular complexity index is 1150. The van der Waals surface area contributed by atoms with Gasteiger partial charge in [0.15, 0.2) is 5.69 Å². The van der Waals surface area contributed by atoms with Crippen LogP contribution in [0.1, 0.15) is 50.1 Å². The van der Waals surface area contributed by atoms with Gasteiger partial charge in [-0.25, -0.2) is 9.48 Å². The van der Waals surface area contributed by atoms with Crippen LogP contribution in [-0.2, 0) is 4.74 Å². The maximum absolute atomic E-state index is 12.5. The van der Waals surface area contributed by atoms with E-state index in [1.165, 1.54) is 0 Å². The summed E-state index contributed by atoms with van der Waals surface area (Å²) in [6.07, 6.45) is 0.337. The highest BCUT2D eigenvalue weighted by Gasteiger charge is 2.33. The van der Waals surface area contributed by atoms with Crippen molar-refractivity contribution in [3.05, 3.63) is 35.0 Å². The van der Waals surface area contributed by atoms with Gasteiger partial charge >= 0.3 is 6.09 Å². The minimum Gasteiger partial charge on any atom is -0.497 e. The Morgan fingerprint density at radius 2 is 1.91 bits per heavy atom. The zero-order valence-corrected chi connectivity index (χ0v) is 22.2. The molecule has 0 saturated carbocycles. The highest BCUT2D eigenvalue weighted by atomic mass is 79.9. The second-order valence-corrected chi connectivity index (χ2v) is 9.76. The third-order valence-corrected chi connectivity index (χ3v) is 5.64. The van der Waals surface area contributed by atoms with Crippen LogP contribution in [0.5, 0.6) is 11.5 Å². The molecule has 1 N–H and O–H groups in total. The van der Waals surface area contributed by atoms with Gasteiger partial charge in [-0.2, -0.15) is 10.4 Å². The van der Waals surface area contributed by atoms with Gasteiger partial charge in [-0.3, -0.25) is 0 Å². The first kappa shape index (κ1) is 26.2. The monoisotopic (exact) mass is 543 g/mol. The summed E-state index contributed by atoms with van der Waals surface area (Å²) in [5, 5.41) is 18.6.